The molecule has 1 aliphatic carbocycles. The van der Waals surface area contributed by atoms with Gasteiger partial charge in [0.1, 0.15) is 5.92 Å². The largest absolute Gasteiger partial charge is 0.454 e. The van der Waals surface area contributed by atoms with E-state index in [0.29, 0.717) is 17.9 Å². The van der Waals surface area contributed by atoms with E-state index in [-0.39, 0.29) is 49.3 Å². The summed E-state index contributed by atoms with van der Waals surface area (Å²) < 4.78 is 10.6. The van der Waals surface area contributed by atoms with E-state index in [9.17, 15) is 14.4 Å². The van der Waals surface area contributed by atoms with Crippen LogP contribution in [0.1, 0.15) is 36.3 Å². The van der Waals surface area contributed by atoms with Gasteiger partial charge in [-0.05, 0) is 47.7 Å². The summed E-state index contributed by atoms with van der Waals surface area (Å²) in [6, 6.07) is 13.4. The van der Waals surface area contributed by atoms with Crippen LogP contribution in [-0.2, 0) is 20.8 Å². The molecule has 0 radical (unpaired) electrons. The van der Waals surface area contributed by atoms with Crippen molar-refractivity contribution >= 4 is 23.0 Å². The number of carbonyl (C=O) groups excluding carboxylic acids is 3. The molecule has 30 heavy (non-hydrogen) atoms. The van der Waals surface area contributed by atoms with Gasteiger partial charge in [0.15, 0.2) is 28.8 Å². The number of rotatable bonds is 6. The van der Waals surface area contributed by atoms with Crippen LogP contribution in [0.25, 0.3) is 0 Å². The maximum Gasteiger partial charge on any atom is 0.231 e. The summed E-state index contributed by atoms with van der Waals surface area (Å²) in [7, 11) is 3.92. The van der Waals surface area contributed by atoms with Gasteiger partial charge in [-0.2, -0.15) is 0 Å². The van der Waals surface area contributed by atoms with Crippen molar-refractivity contribution in [2.75, 3.05) is 25.8 Å². The van der Waals surface area contributed by atoms with E-state index < -0.39 is 5.92 Å². The summed E-state index contributed by atoms with van der Waals surface area (Å²) >= 11 is 0. The average Bonchev–Trinajstić information content (AvgIpc) is 3.19. The van der Waals surface area contributed by atoms with Crippen molar-refractivity contribution in [1.82, 2.24) is 0 Å². The molecule has 1 aliphatic heterocycles. The maximum absolute atomic E-state index is 12.7. The third-order valence-electron chi connectivity index (χ3n) is 5.84. The minimum atomic E-state index is -1.11. The molecular weight excluding hydrogens is 382 g/mol. The molecule has 2 aromatic rings. The van der Waals surface area contributed by atoms with Crippen LogP contribution in [0.4, 0.5) is 5.69 Å². The Balaban J connectivity index is 1.37. The van der Waals surface area contributed by atoms with Crippen LogP contribution in [0.2, 0.25) is 0 Å². The molecule has 1 heterocycles. The van der Waals surface area contributed by atoms with Gasteiger partial charge in [-0.3, -0.25) is 14.4 Å². The van der Waals surface area contributed by atoms with Crippen molar-refractivity contribution in [3.05, 3.63) is 53.6 Å². The quantitative estimate of drug-likeness (QED) is 0.684. The molecule has 6 nitrogen and oxygen atoms in total. The summed E-state index contributed by atoms with van der Waals surface area (Å²) in [6.45, 7) is 0.196. The zero-order chi connectivity index (χ0) is 21.3. The van der Waals surface area contributed by atoms with Gasteiger partial charge in [-0.15, -0.1) is 0 Å². The third-order valence-corrected chi connectivity index (χ3v) is 5.84. The highest BCUT2D eigenvalue weighted by Crippen LogP contribution is 2.35. The minimum Gasteiger partial charge on any atom is -0.454 e. The molecule has 0 amide bonds. The van der Waals surface area contributed by atoms with Gasteiger partial charge in [0.2, 0.25) is 6.79 Å². The van der Waals surface area contributed by atoms with Crippen molar-refractivity contribution in [2.24, 2.45) is 5.92 Å². The second-order valence-corrected chi connectivity index (χ2v) is 8.11. The molecule has 4 rings (SSSR count). The SMILES string of the molecule is CN(C)c1ccc(C2CC(=O)C(C(=O)CCc3ccc4c(c3)OCO4)C(=O)C2)cc1. The molecule has 0 unspecified atom stereocenters. The summed E-state index contributed by atoms with van der Waals surface area (Å²) in [5.74, 6) is -0.730. The van der Waals surface area contributed by atoms with Crippen molar-refractivity contribution in [2.45, 2.75) is 31.6 Å². The Morgan fingerprint density at radius 1 is 0.967 bits per heavy atom. The summed E-state index contributed by atoms with van der Waals surface area (Å²) in [6.07, 6.45) is 1.08. The zero-order valence-electron chi connectivity index (χ0n) is 17.2. The van der Waals surface area contributed by atoms with Gasteiger partial charge < -0.3 is 14.4 Å². The van der Waals surface area contributed by atoms with Crippen LogP contribution < -0.4 is 14.4 Å². The number of nitrogens with zero attached hydrogens (tertiary/aromatic N) is 1. The van der Waals surface area contributed by atoms with E-state index in [1.807, 2.05) is 61.5 Å². The number of Topliss-reactive ketones (excluding diaryl/α,β-unsaturated/α-hetero) is 3. The average molecular weight is 407 g/mol. The lowest BCUT2D eigenvalue weighted by molar-refractivity contribution is -0.142. The number of aryl methyl sites for hydroxylation is 1. The Morgan fingerprint density at radius 3 is 2.30 bits per heavy atom. The predicted molar refractivity (Wildman–Crippen MR) is 112 cm³/mol. The zero-order valence-corrected chi connectivity index (χ0v) is 17.2. The van der Waals surface area contributed by atoms with E-state index in [0.717, 1.165) is 16.8 Å². The predicted octanol–water partition coefficient (Wildman–Crippen LogP) is 3.32. The van der Waals surface area contributed by atoms with Crippen LogP contribution in [0, 0.1) is 5.92 Å². The van der Waals surface area contributed by atoms with Gasteiger partial charge in [0.05, 0.1) is 0 Å². The Bertz CT molecular complexity index is 962. The molecule has 2 aliphatic rings. The van der Waals surface area contributed by atoms with Gasteiger partial charge in [0, 0.05) is 39.0 Å². The van der Waals surface area contributed by atoms with Crippen molar-refractivity contribution in [3.8, 4) is 11.5 Å². The molecule has 6 heteroatoms. The van der Waals surface area contributed by atoms with Crippen molar-refractivity contribution in [1.29, 1.82) is 0 Å². The van der Waals surface area contributed by atoms with Gasteiger partial charge in [-0.25, -0.2) is 0 Å². The number of benzene rings is 2. The van der Waals surface area contributed by atoms with E-state index in [2.05, 4.69) is 0 Å². The highest BCUT2D eigenvalue weighted by molar-refractivity contribution is 6.21. The number of fused-ring (bicyclic) bond motifs is 1. The van der Waals surface area contributed by atoms with Crippen LogP contribution in [0.5, 0.6) is 11.5 Å². The Hall–Kier alpha value is -3.15. The number of ketones is 3. The lowest BCUT2D eigenvalue weighted by Crippen LogP contribution is -2.38. The number of anilines is 1. The molecule has 156 valence electrons. The molecule has 0 bridgehead atoms. The second-order valence-electron chi connectivity index (χ2n) is 8.11. The number of hydrogen-bond acceptors (Lipinski definition) is 6. The molecule has 0 spiro atoms. The summed E-state index contributed by atoms with van der Waals surface area (Å²) in [5.41, 5.74) is 2.94. The highest BCUT2D eigenvalue weighted by atomic mass is 16.7. The Kier molecular flexibility index (Phi) is 5.57. The highest BCUT2D eigenvalue weighted by Gasteiger charge is 2.40. The first kappa shape index (κ1) is 20.1. The normalized spacial score (nSPS) is 20.3. The molecule has 0 atom stereocenters. The summed E-state index contributed by atoms with van der Waals surface area (Å²) in [5, 5.41) is 0. The van der Waals surface area contributed by atoms with E-state index in [1.165, 1.54) is 0 Å². The third kappa shape index (κ3) is 4.08. The van der Waals surface area contributed by atoms with Crippen LogP contribution >= 0.6 is 0 Å². The number of hydrogen-bond donors (Lipinski definition) is 0. The van der Waals surface area contributed by atoms with Crippen molar-refractivity contribution in [3.63, 3.8) is 0 Å². The molecule has 2 aromatic carbocycles. The molecule has 1 fully saturated rings. The van der Waals surface area contributed by atoms with Gasteiger partial charge in [-0.1, -0.05) is 18.2 Å². The standard InChI is InChI=1S/C24H25NO5/c1-25(2)18-7-5-16(6-8-18)17-12-20(27)24(21(28)13-17)19(26)9-3-15-4-10-22-23(11-15)30-14-29-22/h4-8,10-11,17,24H,3,9,12-14H2,1-2H3. The molecule has 0 N–H and O–H groups in total. The van der Waals surface area contributed by atoms with Gasteiger partial charge >= 0.3 is 0 Å². The van der Waals surface area contributed by atoms with Crippen LogP contribution in [-0.4, -0.2) is 38.2 Å². The molecule has 0 aromatic heterocycles. The smallest absolute Gasteiger partial charge is 0.231 e. The van der Waals surface area contributed by atoms with Crippen LogP contribution in [0.3, 0.4) is 0 Å². The fourth-order valence-corrected chi connectivity index (χ4v) is 4.12. The Labute approximate surface area is 175 Å². The molecular formula is C24H25NO5. The summed E-state index contributed by atoms with van der Waals surface area (Å²) in [4.78, 5) is 40.0. The number of carbonyl (C=O) groups is 3. The van der Waals surface area contributed by atoms with E-state index >= 15 is 0 Å². The maximum atomic E-state index is 12.7. The van der Waals surface area contributed by atoms with Crippen molar-refractivity contribution < 1.29 is 23.9 Å². The first-order valence-electron chi connectivity index (χ1n) is 10.2. The topological polar surface area (TPSA) is 72.9 Å². The van der Waals surface area contributed by atoms with Gasteiger partial charge in [0.25, 0.3) is 0 Å². The van der Waals surface area contributed by atoms with E-state index in [1.54, 1.807) is 0 Å². The second kappa shape index (κ2) is 8.30. The Morgan fingerprint density at radius 2 is 1.63 bits per heavy atom. The minimum absolute atomic E-state index is 0.154. The van der Waals surface area contributed by atoms with Crippen LogP contribution in [0.15, 0.2) is 42.5 Å². The lowest BCUT2D eigenvalue weighted by atomic mass is 9.74. The fourth-order valence-electron chi connectivity index (χ4n) is 4.12. The lowest BCUT2D eigenvalue weighted by Gasteiger charge is -2.26. The monoisotopic (exact) mass is 407 g/mol. The number of ether oxygens (including phenoxy) is 2. The first-order chi connectivity index (χ1) is 14.4. The fraction of sp³-hybridized carbons (Fsp3) is 0.375. The molecule has 0 saturated heterocycles. The van der Waals surface area contributed by atoms with E-state index in [4.69, 9.17) is 9.47 Å². The molecule has 1 saturated carbocycles. The first-order valence-corrected chi connectivity index (χ1v) is 10.2.